The molecule has 0 spiro atoms. The highest BCUT2D eigenvalue weighted by atomic mass is 16.2. The SMILES string of the molecule is O=C(Nc1ccccc1)Nc1nc2cccccc-2n1. The number of hydrogen-bond acceptors (Lipinski definition) is 3. The number of carbonyl (C=O) groups excluding carboxylic acids is 1. The average molecular weight is 264 g/mol. The lowest BCUT2D eigenvalue weighted by molar-refractivity contribution is 0.262. The van der Waals surface area contributed by atoms with E-state index in [0.717, 1.165) is 11.4 Å². The van der Waals surface area contributed by atoms with Crippen molar-refractivity contribution in [2.75, 3.05) is 10.6 Å². The summed E-state index contributed by atoms with van der Waals surface area (Å²) < 4.78 is 0. The van der Waals surface area contributed by atoms with Crippen molar-refractivity contribution in [2.24, 2.45) is 0 Å². The number of nitrogens with one attached hydrogen (secondary N) is 2. The molecular weight excluding hydrogens is 252 g/mol. The molecule has 0 saturated heterocycles. The summed E-state index contributed by atoms with van der Waals surface area (Å²) in [6, 6.07) is 18.2. The number of fused-ring (bicyclic) bond motifs is 1. The first-order valence-electron chi connectivity index (χ1n) is 6.17. The predicted molar refractivity (Wildman–Crippen MR) is 77.7 cm³/mol. The standard InChI is InChI=1S/C15H12N4O/c20-15(16-11-7-3-1-4-8-11)19-14-17-12-9-5-2-6-10-13(12)18-14/h1-10H,(H2,16,17,18,19,20). The van der Waals surface area contributed by atoms with Crippen molar-refractivity contribution >= 4 is 17.7 Å². The summed E-state index contributed by atoms with van der Waals surface area (Å²) in [6.45, 7) is 0. The topological polar surface area (TPSA) is 66.9 Å². The number of anilines is 2. The highest BCUT2D eigenvalue weighted by Gasteiger charge is 2.11. The van der Waals surface area contributed by atoms with E-state index in [1.54, 1.807) is 0 Å². The number of rotatable bonds is 2. The van der Waals surface area contributed by atoms with Crippen LogP contribution in [0.2, 0.25) is 0 Å². The number of imidazole rings is 1. The Bertz CT molecular complexity index is 669. The van der Waals surface area contributed by atoms with Crippen LogP contribution in [0, 0.1) is 0 Å². The summed E-state index contributed by atoms with van der Waals surface area (Å²) in [5.41, 5.74) is 2.20. The molecule has 0 atom stereocenters. The van der Waals surface area contributed by atoms with Gasteiger partial charge in [-0.25, -0.2) is 14.8 Å². The van der Waals surface area contributed by atoms with E-state index in [1.165, 1.54) is 0 Å². The van der Waals surface area contributed by atoms with Crippen molar-refractivity contribution in [1.29, 1.82) is 0 Å². The Balaban J connectivity index is 1.74. The Hall–Kier alpha value is -2.95. The van der Waals surface area contributed by atoms with Crippen molar-refractivity contribution in [3.8, 4) is 11.4 Å². The first-order valence-corrected chi connectivity index (χ1v) is 6.17. The quantitative estimate of drug-likeness (QED) is 0.746. The summed E-state index contributed by atoms with van der Waals surface area (Å²) in [5, 5.41) is 5.33. The molecule has 98 valence electrons. The second kappa shape index (κ2) is 5.36. The van der Waals surface area contributed by atoms with Crippen molar-refractivity contribution in [2.45, 2.75) is 0 Å². The molecule has 3 rings (SSSR count). The van der Waals surface area contributed by atoms with Crippen molar-refractivity contribution < 1.29 is 4.79 Å². The molecule has 2 aliphatic rings. The van der Waals surface area contributed by atoms with E-state index in [0.29, 0.717) is 11.6 Å². The van der Waals surface area contributed by atoms with Crippen LogP contribution in [-0.2, 0) is 0 Å². The molecule has 0 bridgehead atoms. The summed E-state index contributed by atoms with van der Waals surface area (Å²) in [6.07, 6.45) is 0. The molecule has 2 amide bonds. The van der Waals surface area contributed by atoms with Crippen LogP contribution in [0.3, 0.4) is 0 Å². The molecule has 0 unspecified atom stereocenters. The second-order valence-electron chi connectivity index (χ2n) is 4.17. The van der Waals surface area contributed by atoms with E-state index in [2.05, 4.69) is 20.6 Å². The fraction of sp³-hybridized carbons (Fsp3) is 0. The molecule has 20 heavy (non-hydrogen) atoms. The van der Waals surface area contributed by atoms with Gasteiger partial charge in [-0.15, -0.1) is 0 Å². The highest BCUT2D eigenvalue weighted by Crippen LogP contribution is 2.19. The Morgan fingerprint density at radius 1 is 0.750 bits per heavy atom. The van der Waals surface area contributed by atoms with E-state index in [4.69, 9.17) is 0 Å². The third kappa shape index (κ3) is 2.72. The van der Waals surface area contributed by atoms with Crippen molar-refractivity contribution in [3.05, 3.63) is 60.7 Å². The lowest BCUT2D eigenvalue weighted by atomic mass is 10.3. The number of para-hydroxylation sites is 1. The molecule has 1 heterocycles. The van der Waals surface area contributed by atoms with Crippen LogP contribution in [0.5, 0.6) is 0 Å². The van der Waals surface area contributed by atoms with Crippen LogP contribution < -0.4 is 10.6 Å². The Kier molecular flexibility index (Phi) is 3.24. The van der Waals surface area contributed by atoms with E-state index < -0.39 is 0 Å². The molecule has 5 nitrogen and oxygen atoms in total. The lowest BCUT2D eigenvalue weighted by Gasteiger charge is -2.03. The van der Waals surface area contributed by atoms with Gasteiger partial charge in [0, 0.05) is 5.69 Å². The van der Waals surface area contributed by atoms with Gasteiger partial charge in [0.25, 0.3) is 0 Å². The van der Waals surface area contributed by atoms with Gasteiger partial charge in [-0.2, -0.15) is 0 Å². The molecule has 1 aliphatic heterocycles. The zero-order valence-corrected chi connectivity index (χ0v) is 10.6. The Morgan fingerprint density at radius 3 is 1.90 bits per heavy atom. The van der Waals surface area contributed by atoms with Crippen LogP contribution in [0.15, 0.2) is 60.7 Å². The molecule has 1 aromatic rings. The van der Waals surface area contributed by atoms with E-state index >= 15 is 0 Å². The molecule has 0 fully saturated rings. The number of hydrogen-bond donors (Lipinski definition) is 2. The first kappa shape index (κ1) is 12.1. The number of aromatic nitrogens is 2. The van der Waals surface area contributed by atoms with Gasteiger partial charge in [-0.1, -0.05) is 36.4 Å². The highest BCUT2D eigenvalue weighted by molar-refractivity contribution is 5.98. The van der Waals surface area contributed by atoms with E-state index in [-0.39, 0.29) is 6.03 Å². The lowest BCUT2D eigenvalue weighted by Crippen LogP contribution is -2.19. The summed E-state index contributed by atoms with van der Waals surface area (Å²) in [7, 11) is 0. The molecule has 1 aliphatic carbocycles. The van der Waals surface area contributed by atoms with Gasteiger partial charge in [-0.05, 0) is 24.3 Å². The number of amides is 2. The van der Waals surface area contributed by atoms with Gasteiger partial charge in [0.2, 0.25) is 5.95 Å². The summed E-state index contributed by atoms with van der Waals surface area (Å²) in [4.78, 5) is 20.3. The molecule has 2 N–H and O–H groups in total. The van der Waals surface area contributed by atoms with Gasteiger partial charge < -0.3 is 5.32 Å². The zero-order valence-electron chi connectivity index (χ0n) is 10.6. The minimum Gasteiger partial charge on any atom is -0.308 e. The van der Waals surface area contributed by atoms with Gasteiger partial charge in [0.05, 0.1) is 11.4 Å². The van der Waals surface area contributed by atoms with Crippen molar-refractivity contribution in [3.63, 3.8) is 0 Å². The second-order valence-corrected chi connectivity index (χ2v) is 4.17. The summed E-state index contributed by atoms with van der Waals surface area (Å²) in [5.74, 6) is 0.291. The molecule has 1 aromatic carbocycles. The fourth-order valence-corrected chi connectivity index (χ4v) is 1.81. The van der Waals surface area contributed by atoms with Crippen molar-refractivity contribution in [1.82, 2.24) is 9.97 Å². The molecular formula is C15H12N4O. The third-order valence-electron chi connectivity index (χ3n) is 2.70. The Labute approximate surface area is 116 Å². The maximum absolute atomic E-state index is 11.8. The number of urea groups is 1. The van der Waals surface area contributed by atoms with Crippen LogP contribution in [-0.4, -0.2) is 16.0 Å². The predicted octanol–water partition coefficient (Wildman–Crippen LogP) is 3.23. The minimum atomic E-state index is -0.365. The zero-order chi connectivity index (χ0) is 13.8. The van der Waals surface area contributed by atoms with Crippen LogP contribution in [0.25, 0.3) is 11.4 Å². The monoisotopic (exact) mass is 264 g/mol. The first-order chi connectivity index (χ1) is 9.81. The number of nitrogens with zero attached hydrogens (tertiary/aromatic N) is 2. The Morgan fingerprint density at radius 2 is 1.30 bits per heavy atom. The molecule has 0 saturated carbocycles. The summed E-state index contributed by atoms with van der Waals surface area (Å²) >= 11 is 0. The maximum Gasteiger partial charge on any atom is 0.326 e. The van der Waals surface area contributed by atoms with Gasteiger partial charge in [-0.3, -0.25) is 5.32 Å². The van der Waals surface area contributed by atoms with Crippen LogP contribution >= 0.6 is 0 Å². The fourth-order valence-electron chi connectivity index (χ4n) is 1.81. The molecule has 5 heteroatoms. The van der Waals surface area contributed by atoms with Crippen LogP contribution in [0.4, 0.5) is 16.4 Å². The number of benzene rings is 1. The maximum atomic E-state index is 11.8. The van der Waals surface area contributed by atoms with Crippen LogP contribution in [0.1, 0.15) is 0 Å². The molecule has 0 radical (unpaired) electrons. The normalized spacial score (nSPS) is 10.2. The largest absolute Gasteiger partial charge is 0.326 e. The van der Waals surface area contributed by atoms with Gasteiger partial charge in [0.1, 0.15) is 0 Å². The average Bonchev–Trinajstić information content (AvgIpc) is 2.68. The minimum absolute atomic E-state index is 0.291. The van der Waals surface area contributed by atoms with Gasteiger partial charge in [0.15, 0.2) is 0 Å². The van der Waals surface area contributed by atoms with E-state index in [1.807, 2.05) is 60.7 Å². The third-order valence-corrected chi connectivity index (χ3v) is 2.70. The smallest absolute Gasteiger partial charge is 0.308 e. The number of carbonyl (C=O) groups is 1. The van der Waals surface area contributed by atoms with Gasteiger partial charge >= 0.3 is 6.03 Å². The molecule has 0 aromatic heterocycles. The van der Waals surface area contributed by atoms with E-state index in [9.17, 15) is 4.79 Å².